The first-order valence-corrected chi connectivity index (χ1v) is 16.2. The summed E-state index contributed by atoms with van der Waals surface area (Å²) in [7, 11) is 0. The Morgan fingerprint density at radius 2 is 1.72 bits per heavy atom. The van der Waals surface area contributed by atoms with Crippen LogP contribution >= 0.6 is 0 Å². The summed E-state index contributed by atoms with van der Waals surface area (Å²) in [5.74, 6) is 5.58. The zero-order chi connectivity index (χ0) is 27.8. The van der Waals surface area contributed by atoms with Crippen LogP contribution in [0.3, 0.4) is 0 Å². The van der Waals surface area contributed by atoms with Crippen LogP contribution in [-0.4, -0.2) is 18.2 Å². The average molecular weight is 535 g/mol. The largest absolute Gasteiger partial charge is 0.479 e. The number of esters is 1. The number of carbonyl (C=O) groups excluding carboxylic acids is 1. The molecule has 3 nitrogen and oxygen atoms in total. The van der Waals surface area contributed by atoms with Crippen molar-refractivity contribution in [1.29, 1.82) is 0 Å². The smallest absolute Gasteiger partial charge is 0.347 e. The highest BCUT2D eigenvalue weighted by Crippen LogP contribution is 2.67. The van der Waals surface area contributed by atoms with Gasteiger partial charge in [0.2, 0.25) is 0 Å². The second-order valence-corrected chi connectivity index (χ2v) is 14.7. The molecule has 5 rings (SSSR count). The molecule has 4 aliphatic carbocycles. The first-order chi connectivity index (χ1) is 18.6. The molecule has 0 bridgehead atoms. The Balaban J connectivity index is 1.21. The van der Waals surface area contributed by atoms with E-state index in [2.05, 4.69) is 40.7 Å². The lowest BCUT2D eigenvalue weighted by atomic mass is 9.47. The number of benzene rings is 1. The fourth-order valence-electron chi connectivity index (χ4n) is 9.76. The molecule has 0 aliphatic heterocycles. The van der Waals surface area contributed by atoms with Crippen molar-refractivity contribution in [3.63, 3.8) is 0 Å². The van der Waals surface area contributed by atoms with Crippen LogP contribution in [0.25, 0.3) is 0 Å². The molecule has 4 aliphatic rings. The van der Waals surface area contributed by atoms with Crippen LogP contribution in [0.1, 0.15) is 112 Å². The van der Waals surface area contributed by atoms with Gasteiger partial charge in [0.05, 0.1) is 0 Å². The summed E-state index contributed by atoms with van der Waals surface area (Å²) >= 11 is 0. The zero-order valence-corrected chi connectivity index (χ0v) is 25.6. The highest BCUT2D eigenvalue weighted by Gasteiger charge is 2.59. The van der Waals surface area contributed by atoms with Crippen molar-refractivity contribution in [2.24, 2.45) is 46.3 Å². The standard InChI is InChI=1S/C36H54O3/c1-24(2)11-10-12-25(3)31-17-18-32-30-16-15-27-23-29(19-21-35(27,5)33(30)20-22-36(31,32)6)39-34(37)26(4)38-28-13-8-7-9-14-28/h7-9,13-15,24-26,29-33H,10-12,16-23H2,1-6H3/t25-,26+,29+,30-,31+,32-,33-,35-,36+/m0/s1. The van der Waals surface area contributed by atoms with Crippen molar-refractivity contribution < 1.29 is 14.3 Å². The van der Waals surface area contributed by atoms with Crippen molar-refractivity contribution >= 4 is 5.97 Å². The Bertz CT molecular complexity index is 1010. The van der Waals surface area contributed by atoms with Crippen molar-refractivity contribution in [3.8, 4) is 5.75 Å². The summed E-state index contributed by atoms with van der Waals surface area (Å²) in [5.41, 5.74) is 2.38. The van der Waals surface area contributed by atoms with E-state index in [1.165, 1.54) is 51.4 Å². The van der Waals surface area contributed by atoms with Gasteiger partial charge in [-0.3, -0.25) is 0 Å². The Morgan fingerprint density at radius 1 is 0.949 bits per heavy atom. The number of fused-ring (bicyclic) bond motifs is 5. The Kier molecular flexibility index (Phi) is 8.56. The number of rotatable bonds is 9. The molecule has 0 spiro atoms. The van der Waals surface area contributed by atoms with Gasteiger partial charge < -0.3 is 9.47 Å². The van der Waals surface area contributed by atoms with Crippen LogP contribution in [0.15, 0.2) is 42.0 Å². The number of carbonyl (C=O) groups is 1. The molecule has 0 radical (unpaired) electrons. The van der Waals surface area contributed by atoms with Crippen LogP contribution in [0.2, 0.25) is 0 Å². The predicted molar refractivity (Wildman–Crippen MR) is 159 cm³/mol. The predicted octanol–water partition coefficient (Wildman–Crippen LogP) is 9.41. The van der Waals surface area contributed by atoms with E-state index in [1.54, 1.807) is 12.5 Å². The SMILES string of the molecule is CC(C)CCC[C@H](C)[C@H]1CC[C@H]2[C@@H]3CC=C4C[C@H](OC(=O)[C@@H](C)Oc5ccccc5)CC[C@]4(C)[C@H]3CC[C@]12C. The molecule has 39 heavy (non-hydrogen) atoms. The van der Waals surface area contributed by atoms with E-state index < -0.39 is 6.10 Å². The third-order valence-electron chi connectivity index (χ3n) is 11.9. The van der Waals surface area contributed by atoms with Crippen LogP contribution < -0.4 is 4.74 Å². The molecular weight excluding hydrogens is 480 g/mol. The van der Waals surface area contributed by atoms with Gasteiger partial charge in [-0.15, -0.1) is 0 Å². The number of hydrogen-bond donors (Lipinski definition) is 0. The summed E-state index contributed by atoms with van der Waals surface area (Å²) in [5, 5.41) is 0. The van der Waals surface area contributed by atoms with Gasteiger partial charge in [-0.05, 0) is 110 Å². The lowest BCUT2D eigenvalue weighted by Crippen LogP contribution is -2.51. The molecule has 3 fully saturated rings. The number of para-hydroxylation sites is 1. The van der Waals surface area contributed by atoms with Crippen LogP contribution in [0.4, 0.5) is 0 Å². The third kappa shape index (κ3) is 5.71. The summed E-state index contributed by atoms with van der Waals surface area (Å²) in [6.07, 6.45) is 16.1. The average Bonchev–Trinajstić information content (AvgIpc) is 3.26. The van der Waals surface area contributed by atoms with E-state index >= 15 is 0 Å². The van der Waals surface area contributed by atoms with Crippen LogP contribution in [0, 0.1) is 46.3 Å². The molecule has 9 atom stereocenters. The third-order valence-corrected chi connectivity index (χ3v) is 11.9. The monoisotopic (exact) mass is 534 g/mol. The molecular formula is C36H54O3. The quantitative estimate of drug-likeness (QED) is 0.234. The molecule has 216 valence electrons. The van der Waals surface area contributed by atoms with Crippen molar-refractivity contribution in [3.05, 3.63) is 42.0 Å². The molecule has 0 unspecified atom stereocenters. The lowest BCUT2D eigenvalue weighted by Gasteiger charge is -2.58. The molecule has 0 heterocycles. The van der Waals surface area contributed by atoms with E-state index in [1.807, 2.05) is 30.3 Å². The van der Waals surface area contributed by atoms with Crippen molar-refractivity contribution in [2.45, 2.75) is 124 Å². The van der Waals surface area contributed by atoms with Gasteiger partial charge in [0.25, 0.3) is 0 Å². The van der Waals surface area contributed by atoms with Crippen molar-refractivity contribution in [1.82, 2.24) is 0 Å². The Labute approximate surface area is 238 Å². The van der Waals surface area contributed by atoms with Crippen LogP contribution in [0.5, 0.6) is 5.75 Å². The summed E-state index contributed by atoms with van der Waals surface area (Å²) < 4.78 is 11.9. The van der Waals surface area contributed by atoms with E-state index in [0.29, 0.717) is 11.2 Å². The van der Waals surface area contributed by atoms with Gasteiger partial charge in [0.15, 0.2) is 6.10 Å². The maximum Gasteiger partial charge on any atom is 0.347 e. The van der Waals surface area contributed by atoms with E-state index in [4.69, 9.17) is 9.47 Å². The number of allylic oxidation sites excluding steroid dienone is 1. The minimum absolute atomic E-state index is 0.0217. The topological polar surface area (TPSA) is 35.5 Å². The second-order valence-electron chi connectivity index (χ2n) is 14.7. The van der Waals surface area contributed by atoms with Crippen LogP contribution in [-0.2, 0) is 9.53 Å². The molecule has 0 aromatic heterocycles. The van der Waals surface area contributed by atoms with E-state index in [9.17, 15) is 4.79 Å². The van der Waals surface area contributed by atoms with Gasteiger partial charge in [0, 0.05) is 6.42 Å². The van der Waals surface area contributed by atoms with E-state index in [0.717, 1.165) is 54.8 Å². The first kappa shape index (κ1) is 28.7. The maximum atomic E-state index is 12.9. The van der Waals surface area contributed by atoms with E-state index in [-0.39, 0.29) is 17.5 Å². The van der Waals surface area contributed by atoms with Crippen molar-refractivity contribution in [2.75, 3.05) is 0 Å². The lowest BCUT2D eigenvalue weighted by molar-refractivity contribution is -0.159. The van der Waals surface area contributed by atoms with Gasteiger partial charge in [-0.1, -0.05) is 83.7 Å². The second kappa shape index (κ2) is 11.6. The molecule has 0 saturated heterocycles. The highest BCUT2D eigenvalue weighted by molar-refractivity contribution is 5.74. The number of hydrogen-bond acceptors (Lipinski definition) is 3. The number of ether oxygens (including phenoxy) is 2. The van der Waals surface area contributed by atoms with Gasteiger partial charge in [-0.25, -0.2) is 4.79 Å². The maximum absolute atomic E-state index is 12.9. The molecule has 3 saturated carbocycles. The molecule has 0 amide bonds. The first-order valence-electron chi connectivity index (χ1n) is 16.2. The molecule has 3 heteroatoms. The minimum Gasteiger partial charge on any atom is -0.479 e. The van der Waals surface area contributed by atoms with Gasteiger partial charge >= 0.3 is 5.97 Å². The fourth-order valence-corrected chi connectivity index (χ4v) is 9.76. The highest BCUT2D eigenvalue weighted by atomic mass is 16.6. The minimum atomic E-state index is -0.593. The Hall–Kier alpha value is -1.77. The molecule has 1 aromatic carbocycles. The van der Waals surface area contributed by atoms with Gasteiger partial charge in [-0.2, -0.15) is 0 Å². The normalized spacial score (nSPS) is 37.2. The summed E-state index contributed by atoms with van der Waals surface area (Å²) in [4.78, 5) is 12.9. The molecule has 1 aromatic rings. The summed E-state index contributed by atoms with van der Waals surface area (Å²) in [6.45, 7) is 14.3. The summed E-state index contributed by atoms with van der Waals surface area (Å²) in [6, 6.07) is 9.56. The zero-order valence-electron chi connectivity index (χ0n) is 25.6. The fraction of sp³-hybridized carbons (Fsp3) is 0.750. The Morgan fingerprint density at radius 3 is 2.46 bits per heavy atom. The molecule has 0 N–H and O–H groups in total. The van der Waals surface area contributed by atoms with Gasteiger partial charge in [0.1, 0.15) is 11.9 Å².